The monoisotopic (exact) mass is 468 g/mol. The van der Waals surface area contributed by atoms with E-state index in [0.717, 1.165) is 12.8 Å². The van der Waals surface area contributed by atoms with Gasteiger partial charge >= 0.3 is 18.2 Å². The first kappa shape index (κ1) is 24.9. The maximum Gasteiger partial charge on any atom is 0.410 e. The SMILES string of the molecule is CCCCON1C(=O)N2C[C@@H]1CC[C@H]2C(=O)NNC(=O)N1CCN(C(=O)OC(C)(C)C)CC1. The molecule has 0 unspecified atom stereocenters. The lowest BCUT2D eigenvalue weighted by Crippen LogP contribution is -2.59. The van der Waals surface area contributed by atoms with E-state index < -0.39 is 29.7 Å². The number of nitrogens with one attached hydrogen (secondary N) is 2. The molecule has 3 rings (SSSR count). The molecule has 0 aromatic rings. The summed E-state index contributed by atoms with van der Waals surface area (Å²) in [5.74, 6) is -0.432. The fourth-order valence-electron chi connectivity index (χ4n) is 4.07. The molecule has 3 heterocycles. The average molecular weight is 469 g/mol. The number of urea groups is 2. The van der Waals surface area contributed by atoms with Crippen molar-refractivity contribution in [3.63, 3.8) is 0 Å². The number of fused-ring (bicyclic) bond motifs is 2. The Balaban J connectivity index is 1.43. The van der Waals surface area contributed by atoms with Gasteiger partial charge in [0.05, 0.1) is 12.6 Å². The van der Waals surface area contributed by atoms with Crippen molar-refractivity contribution in [2.75, 3.05) is 39.3 Å². The third-order valence-electron chi connectivity index (χ3n) is 5.86. The van der Waals surface area contributed by atoms with Crippen LogP contribution in [0.3, 0.4) is 0 Å². The summed E-state index contributed by atoms with van der Waals surface area (Å²) >= 11 is 0. The van der Waals surface area contributed by atoms with Crippen molar-refractivity contribution in [3.05, 3.63) is 0 Å². The Morgan fingerprint density at radius 1 is 1.03 bits per heavy atom. The molecule has 2 bridgehead atoms. The molecule has 3 saturated heterocycles. The molecule has 2 N–H and O–H groups in total. The minimum atomic E-state index is -0.655. The van der Waals surface area contributed by atoms with Gasteiger partial charge < -0.3 is 19.4 Å². The number of nitrogens with zero attached hydrogens (tertiary/aromatic N) is 4. The first-order valence-corrected chi connectivity index (χ1v) is 11.7. The summed E-state index contributed by atoms with van der Waals surface area (Å²) in [6.07, 6.45) is 2.58. The van der Waals surface area contributed by atoms with Gasteiger partial charge in [-0.2, -0.15) is 5.06 Å². The first-order valence-electron chi connectivity index (χ1n) is 11.7. The Hall–Kier alpha value is -2.76. The molecule has 0 aliphatic carbocycles. The van der Waals surface area contributed by atoms with Crippen molar-refractivity contribution < 1.29 is 28.8 Å². The largest absolute Gasteiger partial charge is 0.444 e. The zero-order chi connectivity index (χ0) is 24.2. The van der Waals surface area contributed by atoms with E-state index in [1.807, 2.05) is 6.92 Å². The minimum absolute atomic E-state index is 0.0470. The minimum Gasteiger partial charge on any atom is -0.444 e. The lowest BCUT2D eigenvalue weighted by atomic mass is 10.0. The summed E-state index contributed by atoms with van der Waals surface area (Å²) < 4.78 is 5.35. The number of amides is 6. The van der Waals surface area contributed by atoms with Gasteiger partial charge in [-0.05, 0) is 40.0 Å². The molecule has 186 valence electrons. The fourth-order valence-corrected chi connectivity index (χ4v) is 4.07. The lowest BCUT2D eigenvalue weighted by molar-refractivity contribution is -0.131. The zero-order valence-corrected chi connectivity index (χ0v) is 20.0. The fraction of sp³-hybridized carbons (Fsp3) is 0.810. The van der Waals surface area contributed by atoms with Crippen LogP contribution in [0.2, 0.25) is 0 Å². The first-order chi connectivity index (χ1) is 15.6. The van der Waals surface area contributed by atoms with Crippen molar-refractivity contribution in [2.45, 2.75) is 71.1 Å². The molecule has 33 heavy (non-hydrogen) atoms. The average Bonchev–Trinajstić information content (AvgIpc) is 3.01. The van der Waals surface area contributed by atoms with Gasteiger partial charge in [0.2, 0.25) is 0 Å². The summed E-state index contributed by atoms with van der Waals surface area (Å²) in [7, 11) is 0. The number of hydrazine groups is 1. The number of rotatable bonds is 5. The number of piperidine rings is 1. The van der Waals surface area contributed by atoms with Gasteiger partial charge in [-0.3, -0.25) is 15.1 Å². The highest BCUT2D eigenvalue weighted by atomic mass is 16.7. The van der Waals surface area contributed by atoms with Gasteiger partial charge in [0.15, 0.2) is 0 Å². The molecule has 12 nitrogen and oxygen atoms in total. The van der Waals surface area contributed by atoms with E-state index >= 15 is 0 Å². The smallest absolute Gasteiger partial charge is 0.410 e. The van der Waals surface area contributed by atoms with Gasteiger partial charge in [-0.15, -0.1) is 0 Å². The number of ether oxygens (including phenoxy) is 1. The third kappa shape index (κ3) is 6.18. The zero-order valence-electron chi connectivity index (χ0n) is 20.0. The summed E-state index contributed by atoms with van der Waals surface area (Å²) in [5.41, 5.74) is 4.30. The number of carbonyl (C=O) groups is 4. The molecule has 0 spiro atoms. The summed E-state index contributed by atoms with van der Waals surface area (Å²) in [6.45, 7) is 9.69. The van der Waals surface area contributed by atoms with Crippen molar-refractivity contribution in [2.24, 2.45) is 0 Å². The predicted octanol–water partition coefficient (Wildman–Crippen LogP) is 1.28. The van der Waals surface area contributed by atoms with E-state index in [9.17, 15) is 19.2 Å². The maximum atomic E-state index is 12.7. The van der Waals surface area contributed by atoms with Crippen LogP contribution in [0, 0.1) is 0 Å². The van der Waals surface area contributed by atoms with Crippen molar-refractivity contribution in [3.8, 4) is 0 Å². The molecular weight excluding hydrogens is 432 g/mol. The molecule has 12 heteroatoms. The second-order valence-corrected chi connectivity index (χ2v) is 9.57. The van der Waals surface area contributed by atoms with E-state index in [0.29, 0.717) is 52.2 Å². The van der Waals surface area contributed by atoms with Crippen molar-refractivity contribution >= 4 is 24.1 Å². The van der Waals surface area contributed by atoms with Crippen LogP contribution < -0.4 is 10.9 Å². The Morgan fingerprint density at radius 3 is 2.33 bits per heavy atom. The second-order valence-electron chi connectivity index (χ2n) is 9.57. The van der Waals surface area contributed by atoms with Crippen molar-refractivity contribution in [1.29, 1.82) is 0 Å². The predicted molar refractivity (Wildman–Crippen MR) is 118 cm³/mol. The van der Waals surface area contributed by atoms with E-state index in [1.54, 1.807) is 25.7 Å². The van der Waals surface area contributed by atoms with Crippen LogP contribution in [0.15, 0.2) is 0 Å². The van der Waals surface area contributed by atoms with Crippen LogP contribution in [0.25, 0.3) is 0 Å². The van der Waals surface area contributed by atoms with Crippen LogP contribution in [0.5, 0.6) is 0 Å². The normalized spacial score (nSPS) is 23.0. The topological polar surface area (TPSA) is 124 Å². The van der Waals surface area contributed by atoms with Crippen LogP contribution in [-0.2, 0) is 14.4 Å². The van der Waals surface area contributed by atoms with Gasteiger partial charge in [0.25, 0.3) is 5.91 Å². The van der Waals surface area contributed by atoms with Gasteiger partial charge in [-0.1, -0.05) is 13.3 Å². The summed E-state index contributed by atoms with van der Waals surface area (Å²) in [4.78, 5) is 60.2. The molecule has 6 amide bonds. The molecule has 0 radical (unpaired) electrons. The Kier molecular flexibility index (Phi) is 7.88. The molecule has 3 aliphatic heterocycles. The maximum absolute atomic E-state index is 12.7. The second kappa shape index (κ2) is 10.4. The Bertz CT molecular complexity index is 748. The molecule has 3 fully saturated rings. The van der Waals surface area contributed by atoms with E-state index in [-0.39, 0.29) is 12.1 Å². The molecule has 0 saturated carbocycles. The molecule has 2 atom stereocenters. The number of carbonyl (C=O) groups excluding carboxylic acids is 4. The quantitative estimate of drug-likeness (QED) is 0.463. The van der Waals surface area contributed by atoms with Crippen LogP contribution in [0.4, 0.5) is 14.4 Å². The lowest BCUT2D eigenvalue weighted by Gasteiger charge is -2.35. The highest BCUT2D eigenvalue weighted by Gasteiger charge is 2.48. The van der Waals surface area contributed by atoms with Gasteiger partial charge in [-0.25, -0.2) is 19.8 Å². The molecule has 0 aromatic carbocycles. The Morgan fingerprint density at radius 2 is 1.70 bits per heavy atom. The van der Waals surface area contributed by atoms with Gasteiger partial charge in [0.1, 0.15) is 11.6 Å². The third-order valence-corrected chi connectivity index (χ3v) is 5.86. The highest BCUT2D eigenvalue weighted by Crippen LogP contribution is 2.30. The van der Waals surface area contributed by atoms with E-state index in [2.05, 4.69) is 10.9 Å². The molecule has 0 aromatic heterocycles. The van der Waals surface area contributed by atoms with Crippen LogP contribution in [0.1, 0.15) is 53.4 Å². The van der Waals surface area contributed by atoms with E-state index in [1.165, 1.54) is 14.9 Å². The number of hydrogen-bond acceptors (Lipinski definition) is 6. The summed E-state index contributed by atoms with van der Waals surface area (Å²) in [5, 5.41) is 1.39. The van der Waals surface area contributed by atoms with E-state index in [4.69, 9.17) is 9.57 Å². The number of unbranched alkanes of at least 4 members (excludes halogenated alkanes) is 1. The standard InChI is InChI=1S/C21H36N6O6/c1-5-6-13-32-27-15-7-8-16(26(14-15)19(27)30)17(28)22-23-18(29)24-9-11-25(12-10-24)20(31)33-21(2,3)4/h15-16H,5-14H2,1-4H3,(H,22,28)(H,23,29)/t15-,16-/m0/s1. The number of hydroxylamine groups is 2. The Labute approximate surface area is 194 Å². The van der Waals surface area contributed by atoms with Crippen molar-refractivity contribution in [1.82, 2.24) is 30.6 Å². The number of hydrogen-bond donors (Lipinski definition) is 2. The number of piperazine rings is 1. The molecule has 3 aliphatic rings. The molecular formula is C21H36N6O6. The van der Waals surface area contributed by atoms with Gasteiger partial charge in [0, 0.05) is 32.7 Å². The van der Waals surface area contributed by atoms with Crippen LogP contribution in [-0.4, -0.2) is 101 Å². The highest BCUT2D eigenvalue weighted by molar-refractivity contribution is 5.89. The van der Waals surface area contributed by atoms with Crippen LogP contribution >= 0.6 is 0 Å². The summed E-state index contributed by atoms with van der Waals surface area (Å²) in [6, 6.07) is -1.47.